The summed E-state index contributed by atoms with van der Waals surface area (Å²) in [6.07, 6.45) is 3.44. The van der Waals surface area contributed by atoms with Crippen molar-refractivity contribution in [1.82, 2.24) is 10.2 Å². The number of amides is 3. The van der Waals surface area contributed by atoms with Crippen LogP contribution in [0.2, 0.25) is 0 Å². The van der Waals surface area contributed by atoms with E-state index in [-0.39, 0.29) is 17.6 Å². The van der Waals surface area contributed by atoms with Crippen molar-refractivity contribution in [3.8, 4) is 11.5 Å². The van der Waals surface area contributed by atoms with E-state index in [0.717, 1.165) is 29.5 Å². The molecule has 2 heterocycles. The first-order chi connectivity index (χ1) is 13.5. The Balaban J connectivity index is 1.67. The van der Waals surface area contributed by atoms with Gasteiger partial charge in [-0.3, -0.25) is 19.3 Å². The number of para-hydroxylation sites is 1. The molecule has 9 heteroatoms. The number of benzene rings is 1. The average Bonchev–Trinajstić information content (AvgIpc) is 3.30. The normalized spacial score (nSPS) is 20.7. The molecule has 1 atom stereocenters. The van der Waals surface area contributed by atoms with E-state index < -0.39 is 17.1 Å². The molecule has 1 aromatic rings. The maximum Gasteiger partial charge on any atom is 0.294 e. The molecule has 1 aromatic carbocycles. The number of imide groups is 1. The Kier molecular flexibility index (Phi) is 6.58. The largest absolute Gasteiger partial charge is 0.493 e. The van der Waals surface area contributed by atoms with Crippen LogP contribution in [0, 0.1) is 0 Å². The summed E-state index contributed by atoms with van der Waals surface area (Å²) in [5.74, 6) is 0.0836. The van der Waals surface area contributed by atoms with Crippen molar-refractivity contribution in [2.45, 2.75) is 18.9 Å². The van der Waals surface area contributed by atoms with Crippen molar-refractivity contribution in [2.75, 3.05) is 33.9 Å². The number of carbonyl (C=O) groups is 3. The number of nitrogens with zero attached hydrogens (tertiary/aromatic N) is 1. The molecule has 0 aliphatic carbocycles. The van der Waals surface area contributed by atoms with Crippen LogP contribution in [0.5, 0.6) is 11.5 Å². The van der Waals surface area contributed by atoms with Crippen LogP contribution in [0.15, 0.2) is 23.1 Å². The minimum absolute atomic E-state index is 0.000659. The zero-order valence-electron chi connectivity index (χ0n) is 15.7. The van der Waals surface area contributed by atoms with E-state index in [0.29, 0.717) is 30.2 Å². The second-order valence-electron chi connectivity index (χ2n) is 6.29. The zero-order valence-corrected chi connectivity index (χ0v) is 16.5. The van der Waals surface area contributed by atoms with Gasteiger partial charge < -0.3 is 19.5 Å². The molecule has 0 radical (unpaired) electrons. The van der Waals surface area contributed by atoms with Gasteiger partial charge in [-0.05, 0) is 36.7 Å². The van der Waals surface area contributed by atoms with Crippen LogP contribution in [-0.2, 0) is 14.3 Å². The molecule has 2 aliphatic heterocycles. The Morgan fingerprint density at radius 2 is 2.18 bits per heavy atom. The van der Waals surface area contributed by atoms with E-state index in [2.05, 4.69) is 5.32 Å². The van der Waals surface area contributed by atoms with Gasteiger partial charge in [0.1, 0.15) is 6.54 Å². The standard InChI is InChI=1S/C19H22N2O6S/c1-25-14-7-3-5-12(17(14)26-2)9-15-18(23)21(19(24)28-15)11-16(22)20-10-13-6-4-8-27-13/h3,5,7,9,13H,4,6,8,10-11H2,1-2H3,(H,20,22)/b15-9-/t13-/m1/s1. The molecule has 28 heavy (non-hydrogen) atoms. The van der Waals surface area contributed by atoms with Crippen molar-refractivity contribution in [3.05, 3.63) is 28.7 Å². The van der Waals surface area contributed by atoms with E-state index in [4.69, 9.17) is 14.2 Å². The van der Waals surface area contributed by atoms with Gasteiger partial charge in [0, 0.05) is 18.7 Å². The zero-order chi connectivity index (χ0) is 20.1. The molecule has 0 unspecified atom stereocenters. The SMILES string of the molecule is COc1cccc(/C=C2\SC(=O)N(CC(=O)NC[C@H]3CCCO3)C2=O)c1OC. The van der Waals surface area contributed by atoms with E-state index in [9.17, 15) is 14.4 Å². The molecule has 1 N–H and O–H groups in total. The lowest BCUT2D eigenvalue weighted by atomic mass is 10.1. The summed E-state index contributed by atoms with van der Waals surface area (Å²) in [4.78, 5) is 38.1. The first-order valence-corrected chi connectivity index (χ1v) is 9.69. The van der Waals surface area contributed by atoms with Crippen molar-refractivity contribution >= 4 is 34.9 Å². The topological polar surface area (TPSA) is 94.2 Å². The molecule has 2 fully saturated rings. The molecular weight excluding hydrogens is 384 g/mol. The van der Waals surface area contributed by atoms with Crippen LogP contribution >= 0.6 is 11.8 Å². The number of thioether (sulfide) groups is 1. The van der Waals surface area contributed by atoms with E-state index in [1.807, 2.05) is 0 Å². The van der Waals surface area contributed by atoms with Crippen LogP contribution < -0.4 is 14.8 Å². The quantitative estimate of drug-likeness (QED) is 0.693. The molecular formula is C19H22N2O6S. The Morgan fingerprint density at radius 3 is 2.86 bits per heavy atom. The molecule has 150 valence electrons. The van der Waals surface area contributed by atoms with E-state index >= 15 is 0 Å². The maximum absolute atomic E-state index is 12.6. The highest BCUT2D eigenvalue weighted by Gasteiger charge is 2.36. The smallest absolute Gasteiger partial charge is 0.294 e. The van der Waals surface area contributed by atoms with Gasteiger partial charge >= 0.3 is 0 Å². The van der Waals surface area contributed by atoms with E-state index in [1.54, 1.807) is 24.3 Å². The Labute approximate surface area is 167 Å². The number of nitrogens with one attached hydrogen (secondary N) is 1. The number of hydrogen-bond acceptors (Lipinski definition) is 7. The molecule has 0 spiro atoms. The minimum Gasteiger partial charge on any atom is -0.493 e. The van der Waals surface area contributed by atoms with Gasteiger partial charge in [0.2, 0.25) is 5.91 Å². The fourth-order valence-corrected chi connectivity index (χ4v) is 3.86. The fourth-order valence-electron chi connectivity index (χ4n) is 3.04. The summed E-state index contributed by atoms with van der Waals surface area (Å²) in [7, 11) is 3.02. The Bertz CT molecular complexity index is 804. The summed E-state index contributed by atoms with van der Waals surface area (Å²) in [6.45, 7) is 0.762. The molecule has 0 saturated carbocycles. The van der Waals surface area contributed by atoms with Crippen molar-refractivity contribution in [1.29, 1.82) is 0 Å². The second-order valence-corrected chi connectivity index (χ2v) is 7.28. The molecule has 8 nitrogen and oxygen atoms in total. The third kappa shape index (κ3) is 4.48. The van der Waals surface area contributed by atoms with Gasteiger partial charge in [0.25, 0.3) is 11.1 Å². The first-order valence-electron chi connectivity index (χ1n) is 8.88. The third-order valence-corrected chi connectivity index (χ3v) is 5.35. The highest BCUT2D eigenvalue weighted by molar-refractivity contribution is 8.18. The van der Waals surface area contributed by atoms with Gasteiger partial charge in [-0.25, -0.2) is 0 Å². The molecule has 2 saturated heterocycles. The van der Waals surface area contributed by atoms with Gasteiger partial charge in [0.05, 0.1) is 25.2 Å². The predicted octanol–water partition coefficient (Wildman–Crippen LogP) is 2.04. The molecule has 0 bridgehead atoms. The van der Waals surface area contributed by atoms with Crippen LogP contribution in [0.3, 0.4) is 0 Å². The lowest BCUT2D eigenvalue weighted by Gasteiger charge is -2.14. The molecule has 0 aromatic heterocycles. The minimum atomic E-state index is -0.507. The van der Waals surface area contributed by atoms with Crippen molar-refractivity contribution in [3.63, 3.8) is 0 Å². The number of carbonyl (C=O) groups excluding carboxylic acids is 3. The van der Waals surface area contributed by atoms with Gasteiger partial charge in [-0.15, -0.1) is 0 Å². The monoisotopic (exact) mass is 406 g/mol. The summed E-state index contributed by atoms with van der Waals surface area (Å²) in [5.41, 5.74) is 0.607. The Hall–Kier alpha value is -2.52. The second kappa shape index (κ2) is 9.11. The lowest BCUT2D eigenvalue weighted by molar-refractivity contribution is -0.129. The molecule has 3 rings (SSSR count). The van der Waals surface area contributed by atoms with Gasteiger partial charge in [-0.1, -0.05) is 12.1 Å². The third-order valence-electron chi connectivity index (χ3n) is 4.45. The maximum atomic E-state index is 12.6. The van der Waals surface area contributed by atoms with Gasteiger partial charge in [-0.2, -0.15) is 0 Å². The predicted molar refractivity (Wildman–Crippen MR) is 104 cm³/mol. The average molecular weight is 406 g/mol. The highest BCUT2D eigenvalue weighted by Crippen LogP contribution is 2.37. The summed E-state index contributed by atoms with van der Waals surface area (Å²) in [6, 6.07) is 5.25. The van der Waals surface area contributed by atoms with Crippen LogP contribution in [0.25, 0.3) is 6.08 Å². The van der Waals surface area contributed by atoms with Crippen LogP contribution in [0.1, 0.15) is 18.4 Å². The summed E-state index contributed by atoms with van der Waals surface area (Å²) >= 11 is 0.792. The van der Waals surface area contributed by atoms with Crippen molar-refractivity contribution < 1.29 is 28.6 Å². The molecule has 2 aliphatic rings. The molecule has 3 amide bonds. The van der Waals surface area contributed by atoms with Crippen LogP contribution in [-0.4, -0.2) is 62.0 Å². The fraction of sp³-hybridized carbons (Fsp3) is 0.421. The lowest BCUT2D eigenvalue weighted by Crippen LogP contribution is -2.41. The summed E-state index contributed by atoms with van der Waals surface area (Å²) in [5, 5.41) is 2.23. The van der Waals surface area contributed by atoms with Gasteiger partial charge in [0.15, 0.2) is 11.5 Å². The number of methoxy groups -OCH3 is 2. The highest BCUT2D eigenvalue weighted by atomic mass is 32.2. The first kappa shape index (κ1) is 20.2. The Morgan fingerprint density at radius 1 is 1.36 bits per heavy atom. The number of hydrogen-bond donors (Lipinski definition) is 1. The van der Waals surface area contributed by atoms with Crippen LogP contribution in [0.4, 0.5) is 4.79 Å². The number of ether oxygens (including phenoxy) is 3. The number of rotatable bonds is 7. The van der Waals surface area contributed by atoms with E-state index in [1.165, 1.54) is 14.2 Å². The van der Waals surface area contributed by atoms with Crippen molar-refractivity contribution in [2.24, 2.45) is 0 Å². The summed E-state index contributed by atoms with van der Waals surface area (Å²) < 4.78 is 16.0.